The number of furan rings is 1. The number of anilines is 1. The fourth-order valence-electron chi connectivity index (χ4n) is 2.88. The minimum Gasteiger partial charge on any atom is -0.463 e. The molecule has 0 radical (unpaired) electrons. The molecule has 158 valence electrons. The number of rotatable bonds is 6. The molecule has 0 fully saturated rings. The molecule has 1 N–H and O–H groups in total. The molecule has 0 aliphatic rings. The number of hydrogen-bond donors (Lipinski definition) is 1. The van der Waals surface area contributed by atoms with Gasteiger partial charge >= 0.3 is 5.76 Å². The number of amides is 1. The summed E-state index contributed by atoms with van der Waals surface area (Å²) in [5, 5.41) is 7.07. The Hall–Kier alpha value is -3.79. The molecule has 4 aromatic rings. The summed E-state index contributed by atoms with van der Waals surface area (Å²) in [5.74, 6) is -3.57. The van der Waals surface area contributed by atoms with Crippen LogP contribution in [0.4, 0.5) is 14.5 Å². The highest BCUT2D eigenvalue weighted by Gasteiger charge is 2.26. The van der Waals surface area contributed by atoms with Gasteiger partial charge in [-0.25, -0.2) is 13.1 Å². The van der Waals surface area contributed by atoms with Crippen LogP contribution in [-0.2, 0) is 9.84 Å². The quantitative estimate of drug-likeness (QED) is 0.477. The van der Waals surface area contributed by atoms with E-state index in [0.29, 0.717) is 17.1 Å². The van der Waals surface area contributed by atoms with Gasteiger partial charge in [-0.1, -0.05) is 18.2 Å². The second-order valence-electron chi connectivity index (χ2n) is 6.42. The van der Waals surface area contributed by atoms with Crippen molar-refractivity contribution in [2.24, 2.45) is 0 Å². The Kier molecular flexibility index (Phi) is 5.38. The van der Waals surface area contributed by atoms with Crippen LogP contribution in [0, 0.1) is 0 Å². The van der Waals surface area contributed by atoms with Gasteiger partial charge in [0.2, 0.25) is 9.84 Å². The Bertz CT molecular complexity index is 1300. The molecule has 0 unspecified atom stereocenters. The van der Waals surface area contributed by atoms with Crippen molar-refractivity contribution < 1.29 is 26.4 Å². The standard InChI is InChI=1S/C21H15F2N3O4S/c22-21(23)31(28,29)16-10-8-14(9-11-16)24-20(27)18-13-17(19-7-4-12-30-19)25-26(18)15-5-2-1-3-6-15/h1-13,21H,(H,24,27). The second kappa shape index (κ2) is 8.15. The van der Waals surface area contributed by atoms with Crippen LogP contribution in [-0.4, -0.2) is 29.9 Å². The number of hydrogen-bond acceptors (Lipinski definition) is 5. The number of para-hydroxylation sites is 1. The van der Waals surface area contributed by atoms with E-state index in [-0.39, 0.29) is 11.4 Å². The van der Waals surface area contributed by atoms with Crippen molar-refractivity contribution in [1.82, 2.24) is 9.78 Å². The van der Waals surface area contributed by atoms with Crippen LogP contribution in [0.1, 0.15) is 10.5 Å². The van der Waals surface area contributed by atoms with Gasteiger partial charge in [-0.2, -0.15) is 13.9 Å². The van der Waals surface area contributed by atoms with Gasteiger partial charge in [0.05, 0.1) is 16.8 Å². The molecule has 0 saturated heterocycles. The Morgan fingerprint density at radius 2 is 1.71 bits per heavy atom. The van der Waals surface area contributed by atoms with Crippen LogP contribution in [0.25, 0.3) is 17.1 Å². The van der Waals surface area contributed by atoms with Crippen molar-refractivity contribution in [3.05, 3.63) is 84.8 Å². The number of carbonyl (C=O) groups excluding carboxylic acids is 1. The molecule has 4 rings (SSSR count). The van der Waals surface area contributed by atoms with Gasteiger partial charge in [0, 0.05) is 11.8 Å². The zero-order valence-corrected chi connectivity index (χ0v) is 16.6. The number of sulfone groups is 1. The van der Waals surface area contributed by atoms with E-state index in [1.807, 2.05) is 6.07 Å². The maximum atomic E-state index is 12.9. The molecule has 7 nitrogen and oxygen atoms in total. The van der Waals surface area contributed by atoms with Crippen LogP contribution in [0.2, 0.25) is 0 Å². The molecule has 31 heavy (non-hydrogen) atoms. The zero-order chi connectivity index (χ0) is 22.0. The number of nitrogens with one attached hydrogen (secondary N) is 1. The molecular formula is C21H15F2N3O4S. The monoisotopic (exact) mass is 443 g/mol. The maximum absolute atomic E-state index is 12.9. The fourth-order valence-corrected chi connectivity index (χ4v) is 3.60. The van der Waals surface area contributed by atoms with E-state index in [1.165, 1.54) is 23.1 Å². The first kappa shape index (κ1) is 20.5. The van der Waals surface area contributed by atoms with Gasteiger partial charge in [-0.3, -0.25) is 4.79 Å². The van der Waals surface area contributed by atoms with Crippen LogP contribution < -0.4 is 5.32 Å². The molecule has 10 heteroatoms. The van der Waals surface area contributed by atoms with Crippen molar-refractivity contribution in [3.8, 4) is 17.1 Å². The Morgan fingerprint density at radius 3 is 2.32 bits per heavy atom. The van der Waals surface area contributed by atoms with Crippen LogP contribution in [0.15, 0.2) is 88.4 Å². The van der Waals surface area contributed by atoms with E-state index < -0.39 is 26.4 Å². The van der Waals surface area contributed by atoms with Crippen molar-refractivity contribution in [1.29, 1.82) is 0 Å². The van der Waals surface area contributed by atoms with Gasteiger partial charge in [0.15, 0.2) is 5.76 Å². The average Bonchev–Trinajstić information content (AvgIpc) is 3.45. The van der Waals surface area contributed by atoms with Crippen molar-refractivity contribution >= 4 is 21.4 Å². The highest BCUT2D eigenvalue weighted by Crippen LogP contribution is 2.24. The highest BCUT2D eigenvalue weighted by molar-refractivity contribution is 7.91. The first-order valence-corrected chi connectivity index (χ1v) is 10.5. The van der Waals surface area contributed by atoms with Gasteiger partial charge in [0.1, 0.15) is 11.4 Å². The molecule has 0 spiro atoms. The molecule has 2 aromatic heterocycles. The maximum Gasteiger partial charge on any atom is 0.341 e. The molecule has 0 bridgehead atoms. The van der Waals surface area contributed by atoms with Gasteiger partial charge < -0.3 is 9.73 Å². The Balaban J connectivity index is 1.65. The summed E-state index contributed by atoms with van der Waals surface area (Å²) in [6.45, 7) is 0. The molecule has 1 amide bonds. The summed E-state index contributed by atoms with van der Waals surface area (Å²) in [5.41, 5.74) is 1.52. The third kappa shape index (κ3) is 4.10. The minimum atomic E-state index is -4.71. The summed E-state index contributed by atoms with van der Waals surface area (Å²) in [4.78, 5) is 12.4. The van der Waals surface area contributed by atoms with Crippen molar-refractivity contribution in [2.45, 2.75) is 10.7 Å². The van der Waals surface area contributed by atoms with Gasteiger partial charge in [-0.15, -0.1) is 0 Å². The second-order valence-corrected chi connectivity index (χ2v) is 8.34. The van der Waals surface area contributed by atoms with E-state index in [2.05, 4.69) is 10.4 Å². The first-order valence-electron chi connectivity index (χ1n) is 8.99. The molecule has 2 heterocycles. The smallest absolute Gasteiger partial charge is 0.341 e. The number of nitrogens with zero attached hydrogens (tertiary/aromatic N) is 2. The predicted octanol–water partition coefficient (Wildman–Crippen LogP) is 4.38. The number of aromatic nitrogens is 2. The summed E-state index contributed by atoms with van der Waals surface area (Å²) < 4.78 is 55.3. The number of benzene rings is 2. The SMILES string of the molecule is O=C(Nc1ccc(S(=O)(=O)C(F)F)cc1)c1cc(-c2ccco2)nn1-c1ccccc1. The number of halogens is 2. The predicted molar refractivity (Wildman–Crippen MR) is 109 cm³/mol. The number of alkyl halides is 2. The van der Waals surface area contributed by atoms with Crippen LogP contribution >= 0.6 is 0 Å². The lowest BCUT2D eigenvalue weighted by Gasteiger charge is -2.09. The lowest BCUT2D eigenvalue weighted by molar-refractivity contribution is 0.101. The lowest BCUT2D eigenvalue weighted by Crippen LogP contribution is -2.17. The topological polar surface area (TPSA) is 94.2 Å². The third-order valence-corrected chi connectivity index (χ3v) is 5.79. The minimum absolute atomic E-state index is 0.196. The normalized spacial score (nSPS) is 11.6. The van der Waals surface area contributed by atoms with E-state index in [1.54, 1.807) is 42.5 Å². The van der Waals surface area contributed by atoms with Gasteiger partial charge in [0.25, 0.3) is 5.91 Å². The molecule has 0 saturated carbocycles. The Labute approximate surface area is 175 Å². The van der Waals surface area contributed by atoms with Crippen LogP contribution in [0.3, 0.4) is 0 Å². The highest BCUT2D eigenvalue weighted by atomic mass is 32.2. The molecule has 2 aromatic carbocycles. The molecular weight excluding hydrogens is 428 g/mol. The van der Waals surface area contributed by atoms with E-state index in [0.717, 1.165) is 12.1 Å². The van der Waals surface area contributed by atoms with E-state index in [9.17, 15) is 22.0 Å². The average molecular weight is 443 g/mol. The zero-order valence-electron chi connectivity index (χ0n) is 15.8. The largest absolute Gasteiger partial charge is 0.463 e. The van der Waals surface area contributed by atoms with E-state index >= 15 is 0 Å². The van der Waals surface area contributed by atoms with Crippen LogP contribution in [0.5, 0.6) is 0 Å². The molecule has 0 aliphatic carbocycles. The lowest BCUT2D eigenvalue weighted by atomic mass is 10.2. The van der Waals surface area contributed by atoms with Crippen molar-refractivity contribution in [2.75, 3.05) is 5.32 Å². The number of carbonyl (C=O) groups is 1. The van der Waals surface area contributed by atoms with Crippen molar-refractivity contribution in [3.63, 3.8) is 0 Å². The summed E-state index contributed by atoms with van der Waals surface area (Å²) in [6.07, 6.45) is 1.49. The summed E-state index contributed by atoms with van der Waals surface area (Å²) in [7, 11) is -4.71. The first-order chi connectivity index (χ1) is 14.9. The summed E-state index contributed by atoms with van der Waals surface area (Å²) in [6, 6.07) is 18.5. The Morgan fingerprint density at radius 1 is 1.00 bits per heavy atom. The van der Waals surface area contributed by atoms with Gasteiger partial charge in [-0.05, 0) is 48.5 Å². The van der Waals surface area contributed by atoms with E-state index in [4.69, 9.17) is 4.42 Å². The third-order valence-electron chi connectivity index (χ3n) is 4.39. The molecule has 0 aliphatic heterocycles. The molecule has 0 atom stereocenters. The summed E-state index contributed by atoms with van der Waals surface area (Å²) >= 11 is 0. The fraction of sp³-hybridized carbons (Fsp3) is 0.0476.